The average molecular weight is 293 g/mol. The lowest BCUT2D eigenvalue weighted by molar-refractivity contribution is -0.125. The van der Waals surface area contributed by atoms with Crippen LogP contribution in [-0.4, -0.2) is 51.1 Å². The highest BCUT2D eigenvalue weighted by Gasteiger charge is 2.08. The van der Waals surface area contributed by atoms with Crippen LogP contribution < -0.4 is 16.0 Å². The average Bonchev–Trinajstić information content (AvgIpc) is 2.51. The second-order valence-corrected chi connectivity index (χ2v) is 4.17. The highest BCUT2D eigenvalue weighted by molar-refractivity contribution is 5.96. The summed E-state index contributed by atoms with van der Waals surface area (Å²) in [6.45, 7) is 0.478. The summed E-state index contributed by atoms with van der Waals surface area (Å²) in [5, 5.41) is 7.45. The standard InChI is InChI=1S/C14H19N3O4/c1-21-8-7-15-12(18)9-16-13(19)10-17-14(20)11-5-3-2-4-6-11/h2-6H,7-10H2,1H3,(H,15,18)(H,16,19)(H,17,20). The number of hydrogen-bond donors (Lipinski definition) is 3. The first-order valence-electron chi connectivity index (χ1n) is 6.49. The second kappa shape index (κ2) is 9.49. The molecule has 0 aromatic heterocycles. The van der Waals surface area contributed by atoms with E-state index in [4.69, 9.17) is 4.74 Å². The van der Waals surface area contributed by atoms with Crippen LogP contribution >= 0.6 is 0 Å². The first kappa shape index (κ1) is 16.6. The quantitative estimate of drug-likeness (QED) is 0.552. The lowest BCUT2D eigenvalue weighted by Crippen LogP contribution is -2.42. The Kier molecular flexibility index (Phi) is 7.52. The normalized spacial score (nSPS) is 9.76. The Morgan fingerprint density at radius 1 is 0.952 bits per heavy atom. The molecule has 1 aromatic carbocycles. The van der Waals surface area contributed by atoms with Crippen LogP contribution in [-0.2, 0) is 14.3 Å². The zero-order chi connectivity index (χ0) is 15.5. The summed E-state index contributed by atoms with van der Waals surface area (Å²) >= 11 is 0. The highest BCUT2D eigenvalue weighted by Crippen LogP contribution is 1.96. The summed E-state index contributed by atoms with van der Waals surface area (Å²) in [5.41, 5.74) is 0.475. The molecule has 114 valence electrons. The van der Waals surface area contributed by atoms with E-state index in [1.807, 2.05) is 0 Å². The van der Waals surface area contributed by atoms with E-state index in [0.29, 0.717) is 18.7 Å². The SMILES string of the molecule is COCCNC(=O)CNC(=O)CNC(=O)c1ccccc1. The van der Waals surface area contributed by atoms with Crippen LogP contribution in [0.2, 0.25) is 0 Å². The van der Waals surface area contributed by atoms with Crippen LogP contribution in [0.25, 0.3) is 0 Å². The molecule has 0 saturated carbocycles. The van der Waals surface area contributed by atoms with E-state index >= 15 is 0 Å². The zero-order valence-corrected chi connectivity index (χ0v) is 11.8. The molecule has 0 aliphatic rings. The first-order chi connectivity index (χ1) is 10.1. The van der Waals surface area contributed by atoms with Crippen molar-refractivity contribution in [2.45, 2.75) is 0 Å². The monoisotopic (exact) mass is 293 g/mol. The maximum atomic E-state index is 11.7. The van der Waals surface area contributed by atoms with Gasteiger partial charge in [0.15, 0.2) is 0 Å². The number of nitrogens with one attached hydrogen (secondary N) is 3. The van der Waals surface area contributed by atoms with Crippen LogP contribution in [0, 0.1) is 0 Å². The molecule has 0 aliphatic carbocycles. The van der Waals surface area contributed by atoms with Crippen LogP contribution in [0.3, 0.4) is 0 Å². The molecule has 3 N–H and O–H groups in total. The first-order valence-corrected chi connectivity index (χ1v) is 6.49. The number of methoxy groups -OCH3 is 1. The van der Waals surface area contributed by atoms with Crippen molar-refractivity contribution in [1.29, 1.82) is 0 Å². The molecular formula is C14H19N3O4. The number of rotatable bonds is 8. The van der Waals surface area contributed by atoms with Gasteiger partial charge < -0.3 is 20.7 Å². The van der Waals surface area contributed by atoms with Gasteiger partial charge in [-0.3, -0.25) is 14.4 Å². The molecule has 21 heavy (non-hydrogen) atoms. The van der Waals surface area contributed by atoms with Crippen LogP contribution in [0.5, 0.6) is 0 Å². The Labute approximate surface area is 123 Å². The minimum absolute atomic E-state index is 0.135. The fraction of sp³-hybridized carbons (Fsp3) is 0.357. The smallest absolute Gasteiger partial charge is 0.251 e. The summed E-state index contributed by atoms with van der Waals surface area (Å²) in [7, 11) is 1.53. The van der Waals surface area contributed by atoms with Gasteiger partial charge in [0.2, 0.25) is 11.8 Å². The summed E-state index contributed by atoms with van der Waals surface area (Å²) in [4.78, 5) is 34.5. The van der Waals surface area contributed by atoms with E-state index in [0.717, 1.165) is 0 Å². The van der Waals surface area contributed by atoms with Gasteiger partial charge in [-0.2, -0.15) is 0 Å². The fourth-order valence-corrected chi connectivity index (χ4v) is 1.45. The van der Waals surface area contributed by atoms with Gasteiger partial charge in [0.05, 0.1) is 19.7 Å². The lowest BCUT2D eigenvalue weighted by atomic mass is 10.2. The molecule has 0 radical (unpaired) electrons. The van der Waals surface area contributed by atoms with Gasteiger partial charge in [-0.25, -0.2) is 0 Å². The van der Waals surface area contributed by atoms with Crippen molar-refractivity contribution in [2.75, 3.05) is 33.4 Å². The molecule has 7 nitrogen and oxygen atoms in total. The fourth-order valence-electron chi connectivity index (χ4n) is 1.45. The molecule has 7 heteroatoms. The third-order valence-electron chi connectivity index (χ3n) is 2.52. The molecule has 0 saturated heterocycles. The summed E-state index contributed by atoms with van der Waals surface area (Å²) in [5.74, 6) is -1.08. The number of carbonyl (C=O) groups excluding carboxylic acids is 3. The van der Waals surface area contributed by atoms with Gasteiger partial charge in [0, 0.05) is 19.2 Å². The van der Waals surface area contributed by atoms with Crippen molar-refractivity contribution in [3.8, 4) is 0 Å². The maximum absolute atomic E-state index is 11.7. The number of amides is 3. The van der Waals surface area contributed by atoms with E-state index in [-0.39, 0.29) is 24.9 Å². The topological polar surface area (TPSA) is 96.5 Å². The highest BCUT2D eigenvalue weighted by atomic mass is 16.5. The Hall–Kier alpha value is -2.41. The van der Waals surface area contributed by atoms with E-state index in [1.54, 1.807) is 30.3 Å². The summed E-state index contributed by atoms with van der Waals surface area (Å²) < 4.78 is 4.78. The van der Waals surface area contributed by atoms with E-state index < -0.39 is 5.91 Å². The van der Waals surface area contributed by atoms with E-state index in [1.165, 1.54) is 7.11 Å². The molecule has 3 amide bonds. The predicted octanol–water partition coefficient (Wildman–Crippen LogP) is -0.705. The third-order valence-corrected chi connectivity index (χ3v) is 2.52. The summed E-state index contributed by atoms with van der Waals surface area (Å²) in [6.07, 6.45) is 0. The molecule has 1 rings (SSSR count). The van der Waals surface area contributed by atoms with E-state index in [2.05, 4.69) is 16.0 Å². The number of benzene rings is 1. The minimum Gasteiger partial charge on any atom is -0.383 e. The Morgan fingerprint density at radius 3 is 2.24 bits per heavy atom. The minimum atomic E-state index is -0.429. The molecule has 0 atom stereocenters. The Morgan fingerprint density at radius 2 is 1.57 bits per heavy atom. The molecule has 0 spiro atoms. The number of hydrogen-bond acceptors (Lipinski definition) is 4. The molecule has 0 fully saturated rings. The van der Waals surface area contributed by atoms with Gasteiger partial charge in [-0.15, -0.1) is 0 Å². The van der Waals surface area contributed by atoms with Crippen molar-refractivity contribution in [3.05, 3.63) is 35.9 Å². The van der Waals surface area contributed by atoms with Crippen LogP contribution in [0.4, 0.5) is 0 Å². The molecule has 0 unspecified atom stereocenters. The van der Waals surface area contributed by atoms with Gasteiger partial charge in [-0.1, -0.05) is 18.2 Å². The Bertz CT molecular complexity index is 476. The second-order valence-electron chi connectivity index (χ2n) is 4.17. The van der Waals surface area contributed by atoms with E-state index in [9.17, 15) is 14.4 Å². The van der Waals surface area contributed by atoms with Crippen molar-refractivity contribution in [2.24, 2.45) is 0 Å². The third kappa shape index (κ3) is 7.07. The van der Waals surface area contributed by atoms with Crippen LogP contribution in [0.1, 0.15) is 10.4 Å². The van der Waals surface area contributed by atoms with Crippen molar-refractivity contribution >= 4 is 17.7 Å². The maximum Gasteiger partial charge on any atom is 0.251 e. The van der Waals surface area contributed by atoms with Crippen LogP contribution in [0.15, 0.2) is 30.3 Å². The molecule has 0 bridgehead atoms. The van der Waals surface area contributed by atoms with Gasteiger partial charge in [0.1, 0.15) is 0 Å². The van der Waals surface area contributed by atoms with Crippen molar-refractivity contribution in [1.82, 2.24) is 16.0 Å². The molecule has 1 aromatic rings. The number of carbonyl (C=O) groups is 3. The molecular weight excluding hydrogens is 274 g/mol. The predicted molar refractivity (Wildman–Crippen MR) is 76.7 cm³/mol. The van der Waals surface area contributed by atoms with Crippen molar-refractivity contribution < 1.29 is 19.1 Å². The van der Waals surface area contributed by atoms with Gasteiger partial charge >= 0.3 is 0 Å². The van der Waals surface area contributed by atoms with Gasteiger partial charge in [-0.05, 0) is 12.1 Å². The Balaban J connectivity index is 2.19. The molecule has 0 aliphatic heterocycles. The zero-order valence-electron chi connectivity index (χ0n) is 11.8. The summed E-state index contributed by atoms with van der Waals surface area (Å²) in [6, 6.07) is 8.57. The van der Waals surface area contributed by atoms with Gasteiger partial charge in [0.25, 0.3) is 5.91 Å². The molecule has 0 heterocycles. The number of ether oxygens (including phenoxy) is 1. The lowest BCUT2D eigenvalue weighted by Gasteiger charge is -2.07. The largest absolute Gasteiger partial charge is 0.383 e. The van der Waals surface area contributed by atoms with Crippen molar-refractivity contribution in [3.63, 3.8) is 0 Å².